The summed E-state index contributed by atoms with van der Waals surface area (Å²) in [5.41, 5.74) is 2.37. The Morgan fingerprint density at radius 2 is 1.67 bits per heavy atom. The number of nitrogens with one attached hydrogen (secondary N) is 2. The highest BCUT2D eigenvalue weighted by molar-refractivity contribution is 5.96. The second kappa shape index (κ2) is 10.6. The van der Waals surface area contributed by atoms with Gasteiger partial charge in [0.05, 0.1) is 6.26 Å². The number of hydrogen-bond acceptors (Lipinski definition) is 4. The molecule has 1 aromatic heterocycles. The molecule has 0 saturated carbocycles. The van der Waals surface area contributed by atoms with E-state index in [0.717, 1.165) is 37.1 Å². The Kier molecular flexibility index (Phi) is 7.19. The molecule has 7 heteroatoms. The van der Waals surface area contributed by atoms with Gasteiger partial charge in [0, 0.05) is 31.6 Å². The smallest absolute Gasteiger partial charge is 0.287 e. The predicted molar refractivity (Wildman–Crippen MR) is 124 cm³/mol. The van der Waals surface area contributed by atoms with E-state index in [-0.39, 0.29) is 24.1 Å². The third-order valence-electron chi connectivity index (χ3n) is 5.68. The summed E-state index contributed by atoms with van der Waals surface area (Å²) in [6, 6.07) is 19.2. The first kappa shape index (κ1) is 22.3. The Labute approximate surface area is 192 Å². The summed E-state index contributed by atoms with van der Waals surface area (Å²) >= 11 is 0. The normalized spacial score (nSPS) is 14.0. The summed E-state index contributed by atoms with van der Waals surface area (Å²) in [5, 5.41) is 5.66. The molecule has 1 aliphatic heterocycles. The van der Waals surface area contributed by atoms with Gasteiger partial charge in [0.25, 0.3) is 11.8 Å². The van der Waals surface area contributed by atoms with Crippen LogP contribution in [0.3, 0.4) is 0 Å². The van der Waals surface area contributed by atoms with Gasteiger partial charge in [0.1, 0.15) is 6.04 Å². The van der Waals surface area contributed by atoms with Gasteiger partial charge < -0.3 is 20.0 Å². The molecule has 33 heavy (non-hydrogen) atoms. The minimum atomic E-state index is -0.778. The lowest BCUT2D eigenvalue weighted by Crippen LogP contribution is -2.47. The molecule has 1 atom stereocenters. The molecule has 7 nitrogen and oxygen atoms in total. The van der Waals surface area contributed by atoms with E-state index in [1.165, 1.54) is 6.26 Å². The number of carbonyl (C=O) groups excluding carboxylic acids is 3. The maximum absolute atomic E-state index is 13.0. The molecule has 3 amide bonds. The average Bonchev–Trinajstić information content (AvgIpc) is 3.57. The molecule has 0 spiro atoms. The fourth-order valence-corrected chi connectivity index (χ4v) is 3.93. The number of benzene rings is 2. The number of carbonyl (C=O) groups is 3. The third-order valence-corrected chi connectivity index (χ3v) is 5.68. The topological polar surface area (TPSA) is 91.7 Å². The van der Waals surface area contributed by atoms with Crippen molar-refractivity contribution in [1.29, 1.82) is 0 Å². The highest BCUT2D eigenvalue weighted by Gasteiger charge is 2.23. The first-order valence-corrected chi connectivity index (χ1v) is 11.1. The van der Waals surface area contributed by atoms with Crippen molar-refractivity contribution in [1.82, 2.24) is 15.5 Å². The van der Waals surface area contributed by atoms with Gasteiger partial charge in [-0.05, 0) is 48.2 Å². The van der Waals surface area contributed by atoms with Gasteiger partial charge in [0.15, 0.2) is 5.76 Å². The van der Waals surface area contributed by atoms with E-state index in [1.54, 1.807) is 18.2 Å². The average molecular weight is 446 g/mol. The maximum atomic E-state index is 13.0. The molecular formula is C26H27N3O4. The number of furan rings is 1. The number of rotatable bonds is 8. The van der Waals surface area contributed by atoms with Gasteiger partial charge >= 0.3 is 0 Å². The molecule has 2 heterocycles. The summed E-state index contributed by atoms with van der Waals surface area (Å²) in [7, 11) is 0. The van der Waals surface area contributed by atoms with Crippen LogP contribution in [0.2, 0.25) is 0 Å². The third kappa shape index (κ3) is 5.88. The zero-order valence-corrected chi connectivity index (χ0v) is 18.3. The zero-order chi connectivity index (χ0) is 23.0. The fourth-order valence-electron chi connectivity index (χ4n) is 3.93. The van der Waals surface area contributed by atoms with E-state index in [9.17, 15) is 14.4 Å². The molecule has 1 aliphatic rings. The molecule has 0 aliphatic carbocycles. The van der Waals surface area contributed by atoms with E-state index >= 15 is 0 Å². The first-order chi connectivity index (χ1) is 16.1. The van der Waals surface area contributed by atoms with Crippen molar-refractivity contribution in [2.45, 2.75) is 31.8 Å². The van der Waals surface area contributed by atoms with Crippen molar-refractivity contribution in [2.75, 3.05) is 13.1 Å². The maximum Gasteiger partial charge on any atom is 0.287 e. The van der Waals surface area contributed by atoms with Crippen molar-refractivity contribution in [3.8, 4) is 0 Å². The Morgan fingerprint density at radius 1 is 0.909 bits per heavy atom. The van der Waals surface area contributed by atoms with Crippen LogP contribution in [0.15, 0.2) is 77.4 Å². The molecule has 0 radical (unpaired) electrons. The van der Waals surface area contributed by atoms with Crippen molar-refractivity contribution >= 4 is 17.7 Å². The van der Waals surface area contributed by atoms with E-state index in [1.807, 2.05) is 53.4 Å². The monoisotopic (exact) mass is 445 g/mol. The molecule has 2 aromatic carbocycles. The van der Waals surface area contributed by atoms with Crippen LogP contribution < -0.4 is 10.6 Å². The Hall–Kier alpha value is -3.87. The fraction of sp³-hybridized carbons (Fsp3) is 0.269. The Morgan fingerprint density at radius 3 is 2.39 bits per heavy atom. The predicted octanol–water partition coefficient (Wildman–Crippen LogP) is 3.17. The van der Waals surface area contributed by atoms with E-state index in [2.05, 4.69) is 10.6 Å². The van der Waals surface area contributed by atoms with E-state index in [4.69, 9.17) is 4.42 Å². The second-order valence-electron chi connectivity index (χ2n) is 8.11. The van der Waals surface area contributed by atoms with Crippen LogP contribution in [-0.2, 0) is 17.8 Å². The summed E-state index contributed by atoms with van der Waals surface area (Å²) in [5.74, 6) is -0.591. The van der Waals surface area contributed by atoms with Crippen molar-refractivity contribution < 1.29 is 18.8 Å². The Bertz CT molecular complexity index is 1090. The van der Waals surface area contributed by atoms with Gasteiger partial charge in [0.2, 0.25) is 5.91 Å². The standard InChI is InChI=1S/C26H27N3O4/c30-24(27-18-20-10-6-11-21(16-20)26(32)29-13-4-5-14-29)22(17-19-8-2-1-3-9-19)28-25(31)23-12-7-15-33-23/h1-3,6-12,15-16,22H,4-5,13-14,17-18H2,(H,27,30)(H,28,31). The van der Waals surface area contributed by atoms with Gasteiger partial charge in [-0.3, -0.25) is 14.4 Å². The molecule has 1 unspecified atom stereocenters. The SMILES string of the molecule is O=C(NC(Cc1ccccc1)C(=O)NCc1cccc(C(=O)N2CCCC2)c1)c1ccco1. The second-order valence-corrected chi connectivity index (χ2v) is 8.11. The molecule has 0 bridgehead atoms. The quantitative estimate of drug-likeness (QED) is 0.557. The van der Waals surface area contributed by atoms with Crippen LogP contribution in [-0.4, -0.2) is 41.8 Å². The molecule has 2 N–H and O–H groups in total. The van der Waals surface area contributed by atoms with Crippen LogP contribution in [0.25, 0.3) is 0 Å². The molecule has 3 aromatic rings. The lowest BCUT2D eigenvalue weighted by molar-refractivity contribution is -0.123. The summed E-state index contributed by atoms with van der Waals surface area (Å²) in [6.07, 6.45) is 3.83. The number of likely N-dealkylation sites (tertiary alicyclic amines) is 1. The highest BCUT2D eigenvalue weighted by atomic mass is 16.3. The first-order valence-electron chi connectivity index (χ1n) is 11.1. The summed E-state index contributed by atoms with van der Waals surface area (Å²) in [4.78, 5) is 40.0. The van der Waals surface area contributed by atoms with Crippen LogP contribution in [0.5, 0.6) is 0 Å². The molecular weight excluding hydrogens is 418 g/mol. The lowest BCUT2D eigenvalue weighted by Gasteiger charge is -2.19. The van der Waals surface area contributed by atoms with Crippen LogP contribution >= 0.6 is 0 Å². The Balaban J connectivity index is 1.42. The zero-order valence-electron chi connectivity index (χ0n) is 18.3. The van der Waals surface area contributed by atoms with Crippen LogP contribution in [0.1, 0.15) is 44.9 Å². The van der Waals surface area contributed by atoms with E-state index < -0.39 is 11.9 Å². The largest absolute Gasteiger partial charge is 0.459 e. The number of hydrogen-bond donors (Lipinski definition) is 2. The molecule has 1 saturated heterocycles. The summed E-state index contributed by atoms with van der Waals surface area (Å²) in [6.45, 7) is 1.83. The van der Waals surface area contributed by atoms with Gasteiger partial charge in [-0.25, -0.2) is 0 Å². The van der Waals surface area contributed by atoms with Crippen LogP contribution in [0.4, 0.5) is 0 Å². The van der Waals surface area contributed by atoms with Gasteiger partial charge in [-0.15, -0.1) is 0 Å². The minimum absolute atomic E-state index is 0.0216. The highest BCUT2D eigenvalue weighted by Crippen LogP contribution is 2.14. The van der Waals surface area contributed by atoms with Crippen molar-refractivity contribution in [2.24, 2.45) is 0 Å². The van der Waals surface area contributed by atoms with Crippen molar-refractivity contribution in [3.05, 3.63) is 95.4 Å². The number of nitrogens with zero attached hydrogens (tertiary/aromatic N) is 1. The molecule has 1 fully saturated rings. The molecule has 4 rings (SSSR count). The summed E-state index contributed by atoms with van der Waals surface area (Å²) < 4.78 is 5.15. The van der Waals surface area contributed by atoms with Crippen LogP contribution in [0, 0.1) is 0 Å². The number of amides is 3. The van der Waals surface area contributed by atoms with Gasteiger partial charge in [-0.2, -0.15) is 0 Å². The van der Waals surface area contributed by atoms with Gasteiger partial charge in [-0.1, -0.05) is 42.5 Å². The molecule has 170 valence electrons. The lowest BCUT2D eigenvalue weighted by atomic mass is 10.0. The van der Waals surface area contributed by atoms with E-state index in [0.29, 0.717) is 12.0 Å². The van der Waals surface area contributed by atoms with Crippen molar-refractivity contribution in [3.63, 3.8) is 0 Å². The minimum Gasteiger partial charge on any atom is -0.459 e.